The fourth-order valence-electron chi connectivity index (χ4n) is 1.43. The average molecular weight is 195 g/mol. The molecule has 0 radical (unpaired) electrons. The molecule has 2 heteroatoms. The molecule has 1 atom stereocenters. The van der Waals surface area contributed by atoms with Crippen LogP contribution in [0.4, 0.5) is 4.39 Å². The van der Waals surface area contributed by atoms with Crippen molar-refractivity contribution in [3.8, 4) is 0 Å². The zero-order valence-corrected chi connectivity index (χ0v) is 9.34. The van der Waals surface area contributed by atoms with Crippen LogP contribution < -0.4 is 0 Å². The van der Waals surface area contributed by atoms with E-state index >= 15 is 0 Å². The Hall–Kier alpha value is -0.920. The number of alkyl halides is 1. The van der Waals surface area contributed by atoms with E-state index in [1.54, 1.807) is 6.20 Å². The Morgan fingerprint density at radius 1 is 1.36 bits per heavy atom. The summed E-state index contributed by atoms with van der Waals surface area (Å²) in [6.07, 6.45) is 3.41. The third-order valence-corrected chi connectivity index (χ3v) is 2.01. The molecule has 0 saturated carbocycles. The van der Waals surface area contributed by atoms with E-state index in [1.807, 2.05) is 12.3 Å². The maximum absolute atomic E-state index is 13.0. The van der Waals surface area contributed by atoms with Crippen LogP contribution in [0.3, 0.4) is 0 Å². The highest BCUT2D eigenvalue weighted by atomic mass is 19.1. The van der Waals surface area contributed by atoms with Crippen LogP contribution >= 0.6 is 0 Å². The van der Waals surface area contributed by atoms with Crippen molar-refractivity contribution in [3.63, 3.8) is 0 Å². The fourth-order valence-corrected chi connectivity index (χ4v) is 1.43. The summed E-state index contributed by atoms with van der Waals surface area (Å²) in [6, 6.07) is 1.91. The van der Waals surface area contributed by atoms with Gasteiger partial charge in [0.1, 0.15) is 6.17 Å². The minimum atomic E-state index is -0.928. The summed E-state index contributed by atoms with van der Waals surface area (Å²) < 4.78 is 13.0. The molecular weight excluding hydrogens is 177 g/mol. The van der Waals surface area contributed by atoms with Gasteiger partial charge >= 0.3 is 0 Å². The molecule has 0 fully saturated rings. The summed E-state index contributed by atoms with van der Waals surface area (Å²) >= 11 is 0. The van der Waals surface area contributed by atoms with E-state index in [2.05, 4.69) is 25.8 Å². The smallest absolute Gasteiger partial charge is 0.124 e. The lowest BCUT2D eigenvalue weighted by Crippen LogP contribution is -2.09. The summed E-state index contributed by atoms with van der Waals surface area (Å²) in [5.74, 6) is 0. The molecule has 78 valence electrons. The molecule has 1 nitrogen and oxygen atoms in total. The molecule has 0 aliphatic heterocycles. The highest BCUT2D eigenvalue weighted by Gasteiger charge is 2.12. The molecule has 0 amide bonds. The normalized spacial score (nSPS) is 14.1. The number of hydrogen-bond donors (Lipinski definition) is 0. The standard InChI is InChI=1S/C12H18FN/c1-9(13)11-5-10(7-14-8-11)6-12(2,3)4/h5,7-9H,6H2,1-4H3. The molecule has 0 aliphatic carbocycles. The maximum Gasteiger partial charge on any atom is 0.124 e. The molecule has 1 aromatic rings. The largest absolute Gasteiger partial charge is 0.264 e. The topological polar surface area (TPSA) is 12.9 Å². The Morgan fingerprint density at radius 3 is 2.50 bits per heavy atom. The molecule has 0 N–H and O–H groups in total. The first-order valence-electron chi connectivity index (χ1n) is 4.96. The second-order valence-electron chi connectivity index (χ2n) is 4.98. The Bertz CT molecular complexity index is 299. The van der Waals surface area contributed by atoms with Crippen LogP contribution in [0.1, 0.15) is 45.0 Å². The molecular formula is C12H18FN. The first-order valence-corrected chi connectivity index (χ1v) is 4.96. The summed E-state index contributed by atoms with van der Waals surface area (Å²) in [4.78, 5) is 4.05. The monoisotopic (exact) mass is 195 g/mol. The van der Waals surface area contributed by atoms with Crippen molar-refractivity contribution in [2.24, 2.45) is 5.41 Å². The van der Waals surface area contributed by atoms with Crippen molar-refractivity contribution in [3.05, 3.63) is 29.6 Å². The molecule has 1 rings (SSSR count). The van der Waals surface area contributed by atoms with Gasteiger partial charge in [0.2, 0.25) is 0 Å². The minimum Gasteiger partial charge on any atom is -0.264 e. The fraction of sp³-hybridized carbons (Fsp3) is 0.583. The number of rotatable bonds is 2. The van der Waals surface area contributed by atoms with Crippen LogP contribution in [0.25, 0.3) is 0 Å². The van der Waals surface area contributed by atoms with Gasteiger partial charge in [-0.15, -0.1) is 0 Å². The second kappa shape index (κ2) is 4.07. The van der Waals surface area contributed by atoms with E-state index < -0.39 is 6.17 Å². The van der Waals surface area contributed by atoms with Crippen LogP contribution in [-0.2, 0) is 6.42 Å². The first-order chi connectivity index (χ1) is 6.38. The highest BCUT2D eigenvalue weighted by Crippen LogP contribution is 2.22. The minimum absolute atomic E-state index is 0.222. The lowest BCUT2D eigenvalue weighted by molar-refractivity contribution is 0.371. The quantitative estimate of drug-likeness (QED) is 0.701. The van der Waals surface area contributed by atoms with E-state index in [1.165, 1.54) is 6.92 Å². The van der Waals surface area contributed by atoms with E-state index in [4.69, 9.17) is 0 Å². The molecule has 14 heavy (non-hydrogen) atoms. The Kier molecular flexibility index (Phi) is 3.25. The van der Waals surface area contributed by atoms with Crippen molar-refractivity contribution in [1.29, 1.82) is 0 Å². The molecule has 0 saturated heterocycles. The van der Waals surface area contributed by atoms with Crippen LogP contribution in [0.2, 0.25) is 0 Å². The summed E-state index contributed by atoms with van der Waals surface area (Å²) in [7, 11) is 0. The van der Waals surface area contributed by atoms with Gasteiger partial charge in [0.15, 0.2) is 0 Å². The lowest BCUT2D eigenvalue weighted by atomic mass is 9.88. The van der Waals surface area contributed by atoms with E-state index in [9.17, 15) is 4.39 Å². The highest BCUT2D eigenvalue weighted by molar-refractivity contribution is 5.20. The van der Waals surface area contributed by atoms with Crippen molar-refractivity contribution in [2.75, 3.05) is 0 Å². The number of aromatic nitrogens is 1. The third kappa shape index (κ3) is 3.44. The Balaban J connectivity index is 2.84. The number of hydrogen-bond acceptors (Lipinski definition) is 1. The summed E-state index contributed by atoms with van der Waals surface area (Å²) in [6.45, 7) is 8.04. The van der Waals surface area contributed by atoms with Crippen LogP contribution in [0.15, 0.2) is 18.5 Å². The van der Waals surface area contributed by atoms with Crippen molar-refractivity contribution >= 4 is 0 Å². The second-order valence-corrected chi connectivity index (χ2v) is 4.98. The van der Waals surface area contributed by atoms with Crippen LogP contribution in [-0.4, -0.2) is 4.98 Å². The Labute approximate surface area is 85.4 Å². The number of halogens is 1. The molecule has 1 heterocycles. The molecule has 1 aromatic heterocycles. The van der Waals surface area contributed by atoms with Gasteiger partial charge in [-0.1, -0.05) is 20.8 Å². The van der Waals surface area contributed by atoms with Gasteiger partial charge in [-0.25, -0.2) is 4.39 Å². The van der Waals surface area contributed by atoms with Gasteiger partial charge in [-0.05, 0) is 30.4 Å². The van der Waals surface area contributed by atoms with Gasteiger partial charge < -0.3 is 0 Å². The zero-order valence-electron chi connectivity index (χ0n) is 9.34. The lowest BCUT2D eigenvalue weighted by Gasteiger charge is -2.18. The SMILES string of the molecule is CC(F)c1cncc(CC(C)(C)C)c1. The van der Waals surface area contributed by atoms with Gasteiger partial charge in [-0.2, -0.15) is 0 Å². The Morgan fingerprint density at radius 2 is 2.00 bits per heavy atom. The van der Waals surface area contributed by atoms with Crippen molar-refractivity contribution in [1.82, 2.24) is 4.98 Å². The molecule has 0 spiro atoms. The molecule has 0 aromatic carbocycles. The predicted molar refractivity (Wildman–Crippen MR) is 56.9 cm³/mol. The molecule has 1 unspecified atom stereocenters. The average Bonchev–Trinajstić information content (AvgIpc) is 2.01. The summed E-state index contributed by atoms with van der Waals surface area (Å²) in [5.41, 5.74) is 2.01. The van der Waals surface area contributed by atoms with Gasteiger partial charge in [-0.3, -0.25) is 4.98 Å². The van der Waals surface area contributed by atoms with E-state index in [0.717, 1.165) is 12.0 Å². The number of nitrogens with zero attached hydrogens (tertiary/aromatic N) is 1. The molecule has 0 aliphatic rings. The first kappa shape index (κ1) is 11.2. The summed E-state index contributed by atoms with van der Waals surface area (Å²) in [5, 5.41) is 0. The van der Waals surface area contributed by atoms with Gasteiger partial charge in [0, 0.05) is 18.0 Å². The van der Waals surface area contributed by atoms with E-state index in [0.29, 0.717) is 5.56 Å². The van der Waals surface area contributed by atoms with Crippen molar-refractivity contribution < 1.29 is 4.39 Å². The van der Waals surface area contributed by atoms with Crippen molar-refractivity contribution in [2.45, 2.75) is 40.3 Å². The third-order valence-electron chi connectivity index (χ3n) is 2.01. The van der Waals surface area contributed by atoms with Crippen LogP contribution in [0.5, 0.6) is 0 Å². The number of pyridine rings is 1. The zero-order chi connectivity index (χ0) is 10.8. The molecule has 0 bridgehead atoms. The van der Waals surface area contributed by atoms with Gasteiger partial charge in [0.05, 0.1) is 0 Å². The maximum atomic E-state index is 13.0. The van der Waals surface area contributed by atoms with Gasteiger partial charge in [0.25, 0.3) is 0 Å². The van der Waals surface area contributed by atoms with E-state index in [-0.39, 0.29) is 5.41 Å². The predicted octanol–water partition coefficient (Wildman–Crippen LogP) is 3.70. The van der Waals surface area contributed by atoms with Crippen LogP contribution in [0, 0.1) is 5.41 Å².